The van der Waals surface area contributed by atoms with E-state index in [-0.39, 0.29) is 23.4 Å². The minimum atomic E-state index is -1.05. The number of rotatable bonds is 9. The number of amides is 2. The smallest absolute Gasteiger partial charge is 0.336 e. The molecule has 2 aliphatic heterocycles. The summed E-state index contributed by atoms with van der Waals surface area (Å²) in [5.41, 5.74) is 4.87. The predicted octanol–water partition coefficient (Wildman–Crippen LogP) is 4.47. The molecule has 0 spiro atoms. The number of anilines is 2. The lowest BCUT2D eigenvalue weighted by molar-refractivity contribution is -0.110. The van der Waals surface area contributed by atoms with Crippen molar-refractivity contribution in [2.75, 3.05) is 44.0 Å². The lowest BCUT2D eigenvalue weighted by Crippen LogP contribution is -2.45. The number of fused-ring (bicyclic) bond motifs is 1. The SMILES string of the molecule is COCCN1CCC(NC(=O)c2ccc(N/C(=C3\C(=O)Nc4cc(C(=O)O)c(C)cc43)c3ccccc3)cc2)CC1. The van der Waals surface area contributed by atoms with Crippen LogP contribution in [-0.2, 0) is 9.53 Å². The van der Waals surface area contributed by atoms with Crippen molar-refractivity contribution in [3.8, 4) is 0 Å². The standard InChI is InChI=1S/C32H34N4O5/c1-20-18-26-27(19-25(20)32(39)40)35-31(38)28(26)29(21-6-4-3-5-7-21)33-23-10-8-22(9-11-23)30(37)34-24-12-14-36(15-13-24)16-17-41-2/h3-11,18-19,24,33H,12-17H2,1-2H3,(H,34,37)(H,35,38)(H,39,40)/b29-28-. The Morgan fingerprint density at radius 3 is 2.39 bits per heavy atom. The molecule has 2 amide bonds. The van der Waals surface area contributed by atoms with Crippen LogP contribution in [-0.4, -0.2) is 67.2 Å². The number of hydrogen-bond donors (Lipinski definition) is 4. The van der Waals surface area contributed by atoms with Gasteiger partial charge in [0.05, 0.1) is 29.1 Å². The van der Waals surface area contributed by atoms with Crippen LogP contribution in [0.5, 0.6) is 0 Å². The quantitative estimate of drug-likeness (QED) is 0.288. The highest BCUT2D eigenvalue weighted by Crippen LogP contribution is 2.39. The molecule has 5 rings (SSSR count). The Morgan fingerprint density at radius 1 is 1.02 bits per heavy atom. The molecule has 9 heteroatoms. The summed E-state index contributed by atoms with van der Waals surface area (Å²) in [6.07, 6.45) is 1.81. The summed E-state index contributed by atoms with van der Waals surface area (Å²) in [6, 6.07) is 20.0. The number of piperidine rings is 1. The topological polar surface area (TPSA) is 120 Å². The summed E-state index contributed by atoms with van der Waals surface area (Å²) in [6.45, 7) is 5.20. The van der Waals surface area contributed by atoms with Gasteiger partial charge in [-0.15, -0.1) is 0 Å². The second-order valence-corrected chi connectivity index (χ2v) is 10.4. The maximum absolute atomic E-state index is 13.2. The van der Waals surface area contributed by atoms with Crippen molar-refractivity contribution in [3.05, 3.63) is 94.5 Å². The third kappa shape index (κ3) is 6.32. The average molecular weight is 555 g/mol. The molecule has 4 N–H and O–H groups in total. The molecular weight excluding hydrogens is 520 g/mol. The normalized spacial score (nSPS) is 16.6. The van der Waals surface area contributed by atoms with Gasteiger partial charge in [0.15, 0.2) is 0 Å². The number of carbonyl (C=O) groups is 3. The summed E-state index contributed by atoms with van der Waals surface area (Å²) in [5, 5.41) is 18.9. The van der Waals surface area contributed by atoms with E-state index in [1.807, 2.05) is 42.5 Å². The van der Waals surface area contributed by atoms with Crippen LogP contribution in [0.25, 0.3) is 11.3 Å². The molecule has 9 nitrogen and oxygen atoms in total. The van der Waals surface area contributed by atoms with Crippen LogP contribution >= 0.6 is 0 Å². The Hall–Kier alpha value is -4.47. The summed E-state index contributed by atoms with van der Waals surface area (Å²) in [4.78, 5) is 40.2. The first-order chi connectivity index (χ1) is 19.8. The van der Waals surface area contributed by atoms with Gasteiger partial charge in [-0.2, -0.15) is 0 Å². The number of hydrogen-bond acceptors (Lipinski definition) is 6. The molecule has 1 saturated heterocycles. The number of carboxylic acids is 1. The fourth-order valence-corrected chi connectivity index (χ4v) is 5.33. The molecule has 0 aromatic heterocycles. The van der Waals surface area contributed by atoms with Gasteiger partial charge < -0.3 is 30.7 Å². The Balaban J connectivity index is 1.36. The van der Waals surface area contributed by atoms with Crippen molar-refractivity contribution in [2.45, 2.75) is 25.8 Å². The van der Waals surface area contributed by atoms with Crippen LogP contribution in [0.2, 0.25) is 0 Å². The van der Waals surface area contributed by atoms with Crippen molar-refractivity contribution in [3.63, 3.8) is 0 Å². The number of nitrogens with zero attached hydrogens (tertiary/aromatic N) is 1. The van der Waals surface area contributed by atoms with E-state index in [1.165, 1.54) is 6.07 Å². The molecule has 0 aliphatic carbocycles. The first-order valence-corrected chi connectivity index (χ1v) is 13.7. The molecule has 0 radical (unpaired) electrons. The number of nitrogens with one attached hydrogen (secondary N) is 3. The zero-order chi connectivity index (χ0) is 28.9. The van der Waals surface area contributed by atoms with Gasteiger partial charge in [-0.1, -0.05) is 30.3 Å². The van der Waals surface area contributed by atoms with Gasteiger partial charge in [-0.3, -0.25) is 9.59 Å². The highest BCUT2D eigenvalue weighted by atomic mass is 16.5. The van der Waals surface area contributed by atoms with E-state index in [9.17, 15) is 19.5 Å². The number of ether oxygens (including phenoxy) is 1. The van der Waals surface area contributed by atoms with Gasteiger partial charge in [-0.05, 0) is 67.3 Å². The predicted molar refractivity (Wildman–Crippen MR) is 159 cm³/mol. The minimum absolute atomic E-state index is 0.109. The van der Waals surface area contributed by atoms with E-state index in [4.69, 9.17) is 4.74 Å². The van der Waals surface area contributed by atoms with E-state index < -0.39 is 5.97 Å². The first kappa shape index (κ1) is 28.1. The van der Waals surface area contributed by atoms with Crippen molar-refractivity contribution in [1.29, 1.82) is 0 Å². The molecule has 0 bridgehead atoms. The number of carbonyl (C=O) groups excluding carboxylic acids is 2. The van der Waals surface area contributed by atoms with Crippen molar-refractivity contribution >= 4 is 40.4 Å². The van der Waals surface area contributed by atoms with Crippen LogP contribution in [0.1, 0.15) is 50.2 Å². The third-order valence-electron chi connectivity index (χ3n) is 7.60. The molecule has 2 aliphatic rings. The fraction of sp³-hybridized carbons (Fsp3) is 0.281. The maximum atomic E-state index is 13.2. The Morgan fingerprint density at radius 2 is 1.73 bits per heavy atom. The van der Waals surface area contributed by atoms with Crippen LogP contribution in [0, 0.1) is 6.92 Å². The highest BCUT2D eigenvalue weighted by molar-refractivity contribution is 6.37. The highest BCUT2D eigenvalue weighted by Gasteiger charge is 2.30. The summed E-state index contributed by atoms with van der Waals surface area (Å²) < 4.78 is 5.16. The lowest BCUT2D eigenvalue weighted by atomic mass is 9.96. The van der Waals surface area contributed by atoms with Crippen LogP contribution in [0.4, 0.5) is 11.4 Å². The maximum Gasteiger partial charge on any atom is 0.336 e. The zero-order valence-corrected chi connectivity index (χ0v) is 23.2. The summed E-state index contributed by atoms with van der Waals surface area (Å²) in [5.74, 6) is -1.48. The molecule has 41 heavy (non-hydrogen) atoms. The first-order valence-electron chi connectivity index (χ1n) is 13.7. The van der Waals surface area contributed by atoms with Gasteiger partial charge in [0, 0.05) is 49.6 Å². The van der Waals surface area contributed by atoms with E-state index >= 15 is 0 Å². The van der Waals surface area contributed by atoms with Crippen LogP contribution in [0.15, 0.2) is 66.7 Å². The monoisotopic (exact) mass is 554 g/mol. The summed E-state index contributed by atoms with van der Waals surface area (Å²) in [7, 11) is 1.71. The van der Waals surface area contributed by atoms with Gasteiger partial charge in [0.1, 0.15) is 0 Å². The molecule has 3 aromatic rings. The van der Waals surface area contributed by atoms with Crippen molar-refractivity contribution in [2.24, 2.45) is 0 Å². The van der Waals surface area contributed by atoms with Gasteiger partial charge in [0.25, 0.3) is 11.8 Å². The van der Waals surface area contributed by atoms with E-state index in [1.54, 1.807) is 32.2 Å². The van der Waals surface area contributed by atoms with Gasteiger partial charge in [0.2, 0.25) is 0 Å². The Kier molecular flexibility index (Phi) is 8.47. The number of likely N-dealkylation sites (tertiary alicyclic amines) is 1. The van der Waals surface area contributed by atoms with Crippen molar-refractivity contribution in [1.82, 2.24) is 10.2 Å². The largest absolute Gasteiger partial charge is 0.478 e. The molecule has 0 unspecified atom stereocenters. The van der Waals surface area contributed by atoms with Crippen LogP contribution in [0.3, 0.4) is 0 Å². The van der Waals surface area contributed by atoms with Gasteiger partial charge >= 0.3 is 5.97 Å². The lowest BCUT2D eigenvalue weighted by Gasteiger charge is -2.32. The fourth-order valence-electron chi connectivity index (χ4n) is 5.33. The number of benzene rings is 3. The number of aryl methyl sites for hydroxylation is 1. The molecular formula is C32H34N4O5. The number of carboxylic acid groups (broad SMARTS) is 1. The molecule has 0 atom stereocenters. The molecule has 3 aromatic carbocycles. The molecule has 212 valence electrons. The third-order valence-corrected chi connectivity index (χ3v) is 7.60. The van der Waals surface area contributed by atoms with E-state index in [2.05, 4.69) is 20.9 Å². The molecule has 0 saturated carbocycles. The average Bonchev–Trinajstić information content (AvgIpc) is 3.29. The zero-order valence-electron chi connectivity index (χ0n) is 23.2. The number of aromatic carboxylic acids is 1. The Labute approximate surface area is 239 Å². The van der Waals surface area contributed by atoms with Crippen LogP contribution < -0.4 is 16.0 Å². The van der Waals surface area contributed by atoms with E-state index in [0.717, 1.165) is 38.0 Å². The second-order valence-electron chi connectivity index (χ2n) is 10.4. The van der Waals surface area contributed by atoms with E-state index in [0.29, 0.717) is 45.9 Å². The Bertz CT molecular complexity index is 1480. The minimum Gasteiger partial charge on any atom is -0.478 e. The van der Waals surface area contributed by atoms with Crippen molar-refractivity contribution < 1.29 is 24.2 Å². The number of methoxy groups -OCH3 is 1. The summed E-state index contributed by atoms with van der Waals surface area (Å²) >= 11 is 0. The second kappa shape index (κ2) is 12.4. The molecule has 1 fully saturated rings. The van der Waals surface area contributed by atoms with Gasteiger partial charge in [-0.25, -0.2) is 4.79 Å². The molecule has 2 heterocycles.